The second-order valence-electron chi connectivity index (χ2n) is 6.21. The number of hydrogen-bond donors (Lipinski definition) is 2. The fourth-order valence-corrected chi connectivity index (χ4v) is 3.08. The van der Waals surface area contributed by atoms with Crippen molar-refractivity contribution in [2.45, 2.75) is 26.7 Å². The molecule has 0 saturated carbocycles. The Balaban J connectivity index is 2.27. The van der Waals surface area contributed by atoms with Crippen LogP contribution in [0.1, 0.15) is 31.2 Å². The maximum atomic E-state index is 6.24. The molecular formula is C17H29N5O. The topological polar surface area (TPSA) is 80.6 Å². The highest BCUT2D eigenvalue weighted by Crippen LogP contribution is 2.28. The van der Waals surface area contributed by atoms with Crippen molar-refractivity contribution < 1.29 is 4.74 Å². The average Bonchev–Trinajstić information content (AvgIpc) is 3.00. The smallest absolute Gasteiger partial charge is 0.0896 e. The molecule has 1 aliphatic heterocycles. The average molecular weight is 319 g/mol. The van der Waals surface area contributed by atoms with Crippen LogP contribution < -0.4 is 16.5 Å². The number of rotatable bonds is 6. The Hall–Kier alpha value is -1.79. The van der Waals surface area contributed by atoms with Crippen LogP contribution in [-0.2, 0) is 4.74 Å². The molecule has 0 bridgehead atoms. The van der Waals surface area contributed by atoms with Gasteiger partial charge >= 0.3 is 0 Å². The lowest BCUT2D eigenvalue weighted by atomic mass is 10.1. The molecule has 1 fully saturated rings. The van der Waals surface area contributed by atoms with Gasteiger partial charge in [0.2, 0.25) is 0 Å². The SMILES string of the molecule is CCC1CCN(c2ccc(/C(N)=C(\COC)N(C)N)nc2C)C1. The minimum Gasteiger partial charge on any atom is -0.395 e. The molecule has 2 rings (SSSR count). The molecule has 6 heteroatoms. The van der Waals surface area contributed by atoms with Gasteiger partial charge in [-0.25, -0.2) is 10.8 Å². The summed E-state index contributed by atoms with van der Waals surface area (Å²) >= 11 is 0. The summed E-state index contributed by atoms with van der Waals surface area (Å²) in [7, 11) is 3.37. The minimum absolute atomic E-state index is 0.353. The van der Waals surface area contributed by atoms with E-state index in [2.05, 4.69) is 17.9 Å². The Bertz CT molecular complexity index is 570. The van der Waals surface area contributed by atoms with Gasteiger partial charge in [0.25, 0.3) is 0 Å². The van der Waals surface area contributed by atoms with Crippen molar-refractivity contribution in [1.29, 1.82) is 0 Å². The van der Waals surface area contributed by atoms with Crippen molar-refractivity contribution in [3.05, 3.63) is 29.2 Å². The first-order valence-electron chi connectivity index (χ1n) is 8.16. The third-order valence-corrected chi connectivity index (χ3v) is 4.56. The summed E-state index contributed by atoms with van der Waals surface area (Å²) < 4.78 is 5.17. The number of ether oxygens (including phenoxy) is 1. The molecule has 0 aliphatic carbocycles. The normalized spacial score (nSPS) is 19.0. The molecule has 1 aliphatic rings. The summed E-state index contributed by atoms with van der Waals surface area (Å²) in [5.74, 6) is 6.63. The molecule has 2 heterocycles. The third kappa shape index (κ3) is 3.95. The molecule has 0 spiro atoms. The molecule has 128 valence electrons. The number of nitrogens with two attached hydrogens (primary N) is 2. The summed E-state index contributed by atoms with van der Waals surface area (Å²) in [6.07, 6.45) is 2.50. The van der Waals surface area contributed by atoms with Crippen molar-refractivity contribution in [1.82, 2.24) is 9.99 Å². The number of nitrogens with zero attached hydrogens (tertiary/aromatic N) is 3. The largest absolute Gasteiger partial charge is 0.395 e. The molecule has 0 aromatic carbocycles. The van der Waals surface area contributed by atoms with Gasteiger partial charge in [-0.1, -0.05) is 13.3 Å². The monoisotopic (exact) mass is 319 g/mol. The highest BCUT2D eigenvalue weighted by Gasteiger charge is 2.23. The Labute approximate surface area is 139 Å². The summed E-state index contributed by atoms with van der Waals surface area (Å²) in [5, 5.41) is 1.48. The summed E-state index contributed by atoms with van der Waals surface area (Å²) in [6, 6.07) is 4.08. The van der Waals surface area contributed by atoms with Crippen LogP contribution in [0.2, 0.25) is 0 Å². The van der Waals surface area contributed by atoms with E-state index in [1.807, 2.05) is 13.0 Å². The summed E-state index contributed by atoms with van der Waals surface area (Å²) in [5.41, 5.74) is 10.5. The molecule has 1 aromatic rings. The quantitative estimate of drug-likeness (QED) is 0.614. The van der Waals surface area contributed by atoms with Crippen molar-refractivity contribution in [3.8, 4) is 0 Å². The van der Waals surface area contributed by atoms with E-state index in [9.17, 15) is 0 Å². The lowest BCUT2D eigenvalue weighted by molar-refractivity contribution is 0.198. The molecule has 4 N–H and O–H groups in total. The standard InChI is InChI=1S/C17H29N5O/c1-5-13-8-9-22(10-13)15-7-6-14(20-12(15)2)17(18)16(11-23-4)21(3)19/h6-7,13H,5,8-11,18-19H2,1-4H3/b17-16-. The lowest BCUT2D eigenvalue weighted by Crippen LogP contribution is -2.30. The van der Waals surface area contributed by atoms with Gasteiger partial charge in [0, 0.05) is 27.2 Å². The van der Waals surface area contributed by atoms with Gasteiger partial charge in [-0.05, 0) is 31.4 Å². The highest BCUT2D eigenvalue weighted by atomic mass is 16.5. The number of likely N-dealkylation sites (N-methyl/N-ethyl adjacent to an activating group) is 1. The zero-order valence-corrected chi connectivity index (χ0v) is 14.7. The van der Waals surface area contributed by atoms with Crippen molar-refractivity contribution in [3.63, 3.8) is 0 Å². The number of pyridine rings is 1. The fraction of sp³-hybridized carbons (Fsp3) is 0.588. The van der Waals surface area contributed by atoms with Crippen LogP contribution in [0.3, 0.4) is 0 Å². The van der Waals surface area contributed by atoms with E-state index < -0.39 is 0 Å². The summed E-state index contributed by atoms with van der Waals surface area (Å²) in [4.78, 5) is 7.11. The Morgan fingerprint density at radius 3 is 2.74 bits per heavy atom. The lowest BCUT2D eigenvalue weighted by Gasteiger charge is -2.22. The number of hydrazine groups is 1. The van der Waals surface area contributed by atoms with Gasteiger partial charge < -0.3 is 20.4 Å². The van der Waals surface area contributed by atoms with E-state index in [-0.39, 0.29) is 0 Å². The number of aromatic nitrogens is 1. The van der Waals surface area contributed by atoms with Crippen LogP contribution in [0, 0.1) is 12.8 Å². The van der Waals surface area contributed by atoms with E-state index in [4.69, 9.17) is 21.3 Å². The molecule has 1 aromatic heterocycles. The Morgan fingerprint density at radius 2 is 2.22 bits per heavy atom. The van der Waals surface area contributed by atoms with Crippen molar-refractivity contribution >= 4 is 11.4 Å². The van der Waals surface area contributed by atoms with E-state index in [1.165, 1.54) is 23.5 Å². The summed E-state index contributed by atoms with van der Waals surface area (Å²) in [6.45, 7) is 6.87. The van der Waals surface area contributed by atoms with Gasteiger partial charge in [-0.15, -0.1) is 0 Å². The highest BCUT2D eigenvalue weighted by molar-refractivity contribution is 5.65. The molecule has 6 nitrogen and oxygen atoms in total. The molecular weight excluding hydrogens is 290 g/mol. The first kappa shape index (κ1) is 17.6. The van der Waals surface area contributed by atoms with Crippen LogP contribution in [0.4, 0.5) is 5.69 Å². The number of hydrogen-bond acceptors (Lipinski definition) is 6. The van der Waals surface area contributed by atoms with E-state index in [0.29, 0.717) is 12.3 Å². The molecule has 0 radical (unpaired) electrons. The van der Waals surface area contributed by atoms with Crippen LogP contribution in [0.25, 0.3) is 5.70 Å². The third-order valence-electron chi connectivity index (χ3n) is 4.56. The molecule has 1 saturated heterocycles. The van der Waals surface area contributed by atoms with Gasteiger partial charge in [-0.3, -0.25) is 0 Å². The van der Waals surface area contributed by atoms with Gasteiger partial charge in [0.1, 0.15) is 0 Å². The van der Waals surface area contributed by atoms with Crippen LogP contribution in [-0.4, -0.2) is 43.8 Å². The van der Waals surface area contributed by atoms with E-state index in [0.717, 1.165) is 36.1 Å². The predicted octanol–water partition coefficient (Wildman–Crippen LogP) is 1.71. The van der Waals surface area contributed by atoms with Crippen molar-refractivity contribution in [2.24, 2.45) is 17.5 Å². The zero-order valence-electron chi connectivity index (χ0n) is 14.7. The van der Waals surface area contributed by atoms with Crippen LogP contribution in [0.5, 0.6) is 0 Å². The molecule has 1 atom stereocenters. The first-order chi connectivity index (χ1) is 11.0. The predicted molar refractivity (Wildman–Crippen MR) is 94.5 cm³/mol. The molecule has 1 unspecified atom stereocenters. The van der Waals surface area contributed by atoms with Gasteiger partial charge in [-0.2, -0.15) is 0 Å². The molecule has 23 heavy (non-hydrogen) atoms. The van der Waals surface area contributed by atoms with Gasteiger partial charge in [0.15, 0.2) is 0 Å². The second kappa shape index (κ2) is 7.66. The van der Waals surface area contributed by atoms with Crippen molar-refractivity contribution in [2.75, 3.05) is 38.8 Å². The Morgan fingerprint density at radius 1 is 1.48 bits per heavy atom. The van der Waals surface area contributed by atoms with Crippen LogP contribution in [0.15, 0.2) is 17.8 Å². The number of aryl methyl sites for hydroxylation is 1. The maximum Gasteiger partial charge on any atom is 0.0896 e. The molecule has 0 amide bonds. The second-order valence-corrected chi connectivity index (χ2v) is 6.21. The zero-order chi connectivity index (χ0) is 17.0. The number of anilines is 1. The Kier molecular flexibility index (Phi) is 5.85. The van der Waals surface area contributed by atoms with E-state index in [1.54, 1.807) is 14.2 Å². The van der Waals surface area contributed by atoms with E-state index >= 15 is 0 Å². The first-order valence-corrected chi connectivity index (χ1v) is 8.16. The van der Waals surface area contributed by atoms with Gasteiger partial charge in [0.05, 0.1) is 35.1 Å². The minimum atomic E-state index is 0.353. The number of methoxy groups -OCH3 is 1. The fourth-order valence-electron chi connectivity index (χ4n) is 3.08. The van der Waals surface area contributed by atoms with Crippen LogP contribution >= 0.6 is 0 Å². The maximum absolute atomic E-state index is 6.24.